The van der Waals surface area contributed by atoms with Crippen molar-refractivity contribution in [1.82, 2.24) is 9.97 Å². The quantitative estimate of drug-likeness (QED) is 0.545. The Labute approximate surface area is 157 Å². The number of amides is 1. The summed E-state index contributed by atoms with van der Waals surface area (Å²) in [6.07, 6.45) is 0.978. The molecule has 132 valence electrons. The van der Waals surface area contributed by atoms with Gasteiger partial charge in [0.1, 0.15) is 17.1 Å². The Hall–Kier alpha value is -1.86. The molecule has 0 fully saturated rings. The number of pyridine rings is 1. The standard InChI is InChI=1S/C17H16BrClFN3O2/c1-17(2,3)25-16(24)23(4)11-6-8(20)5-9-12-13(19)10(18)7-21-15(12)22-14(9)11/h5-7H,1-4H3,(H,21,22). The third-order valence-corrected chi connectivity index (χ3v) is 4.82. The van der Waals surface area contributed by atoms with Crippen molar-refractivity contribution in [2.75, 3.05) is 11.9 Å². The van der Waals surface area contributed by atoms with E-state index in [-0.39, 0.29) is 0 Å². The van der Waals surface area contributed by atoms with Gasteiger partial charge >= 0.3 is 6.09 Å². The van der Waals surface area contributed by atoms with Crippen molar-refractivity contribution in [2.45, 2.75) is 26.4 Å². The number of hydrogen-bond donors (Lipinski definition) is 1. The average Bonchev–Trinajstić information content (AvgIpc) is 2.86. The fourth-order valence-corrected chi connectivity index (χ4v) is 3.08. The maximum Gasteiger partial charge on any atom is 0.414 e. The minimum absolute atomic E-state index is 0.342. The van der Waals surface area contributed by atoms with E-state index in [2.05, 4.69) is 25.9 Å². The van der Waals surface area contributed by atoms with Gasteiger partial charge < -0.3 is 9.72 Å². The van der Waals surface area contributed by atoms with E-state index in [4.69, 9.17) is 16.3 Å². The van der Waals surface area contributed by atoms with Gasteiger partial charge in [0.25, 0.3) is 0 Å². The monoisotopic (exact) mass is 427 g/mol. The summed E-state index contributed by atoms with van der Waals surface area (Å²) in [7, 11) is 1.53. The molecule has 0 radical (unpaired) electrons. The van der Waals surface area contributed by atoms with Crippen LogP contribution in [0.3, 0.4) is 0 Å². The Kier molecular flexibility index (Phi) is 4.41. The molecule has 0 aliphatic rings. The number of fused-ring (bicyclic) bond motifs is 3. The molecule has 5 nitrogen and oxygen atoms in total. The molecule has 0 spiro atoms. The predicted octanol–water partition coefficient (Wildman–Crippen LogP) is 5.64. The maximum atomic E-state index is 14.2. The highest BCUT2D eigenvalue weighted by atomic mass is 79.9. The van der Waals surface area contributed by atoms with Gasteiger partial charge in [-0.2, -0.15) is 0 Å². The minimum atomic E-state index is -0.659. The minimum Gasteiger partial charge on any atom is -0.443 e. The molecule has 0 bridgehead atoms. The van der Waals surface area contributed by atoms with Crippen molar-refractivity contribution in [1.29, 1.82) is 0 Å². The molecule has 25 heavy (non-hydrogen) atoms. The molecule has 0 aliphatic heterocycles. The van der Waals surface area contributed by atoms with E-state index in [1.165, 1.54) is 24.1 Å². The maximum absolute atomic E-state index is 14.2. The highest BCUT2D eigenvalue weighted by molar-refractivity contribution is 9.10. The van der Waals surface area contributed by atoms with Crippen LogP contribution in [0.25, 0.3) is 21.9 Å². The van der Waals surface area contributed by atoms with Crippen LogP contribution in [0.2, 0.25) is 5.02 Å². The Morgan fingerprint density at radius 1 is 1.40 bits per heavy atom. The summed E-state index contributed by atoms with van der Waals surface area (Å²) in [6.45, 7) is 5.30. The highest BCUT2D eigenvalue weighted by Gasteiger charge is 2.24. The Bertz CT molecular complexity index is 997. The number of carbonyl (C=O) groups is 1. The number of aromatic amines is 1. The van der Waals surface area contributed by atoms with Crippen molar-refractivity contribution < 1.29 is 13.9 Å². The summed E-state index contributed by atoms with van der Waals surface area (Å²) in [6, 6.07) is 2.63. The van der Waals surface area contributed by atoms with Crippen molar-refractivity contribution in [2.24, 2.45) is 0 Å². The first kappa shape index (κ1) is 17.9. The lowest BCUT2D eigenvalue weighted by atomic mass is 10.1. The molecule has 0 saturated carbocycles. The number of anilines is 1. The lowest BCUT2D eigenvalue weighted by Gasteiger charge is -2.25. The number of benzene rings is 1. The summed E-state index contributed by atoms with van der Waals surface area (Å²) >= 11 is 9.67. The summed E-state index contributed by atoms with van der Waals surface area (Å²) < 4.78 is 20.2. The highest BCUT2D eigenvalue weighted by Crippen LogP contribution is 2.38. The Morgan fingerprint density at radius 2 is 2.08 bits per heavy atom. The number of hydrogen-bond acceptors (Lipinski definition) is 3. The Morgan fingerprint density at radius 3 is 2.72 bits per heavy atom. The fraction of sp³-hybridized carbons (Fsp3) is 0.294. The zero-order chi connectivity index (χ0) is 18.5. The van der Waals surface area contributed by atoms with Crippen LogP contribution < -0.4 is 4.90 Å². The number of aromatic nitrogens is 2. The van der Waals surface area contributed by atoms with Crippen LogP contribution in [-0.2, 0) is 4.74 Å². The van der Waals surface area contributed by atoms with Crippen LogP contribution in [-0.4, -0.2) is 28.7 Å². The fourth-order valence-electron chi connectivity index (χ4n) is 2.54. The number of H-pyrrole nitrogens is 1. The van der Waals surface area contributed by atoms with E-state index < -0.39 is 17.5 Å². The van der Waals surface area contributed by atoms with Gasteiger partial charge in [0.05, 0.1) is 20.7 Å². The van der Waals surface area contributed by atoms with Gasteiger partial charge in [-0.05, 0) is 48.8 Å². The molecule has 0 unspecified atom stereocenters. The molecule has 1 N–H and O–H groups in total. The molecule has 8 heteroatoms. The number of carbonyl (C=O) groups excluding carboxylic acids is 1. The molecule has 0 saturated heterocycles. The van der Waals surface area contributed by atoms with Crippen LogP contribution in [0.15, 0.2) is 22.8 Å². The van der Waals surface area contributed by atoms with Crippen molar-refractivity contribution in [3.63, 3.8) is 0 Å². The summed E-state index contributed by atoms with van der Waals surface area (Å²) in [5.74, 6) is -0.491. The van der Waals surface area contributed by atoms with Crippen LogP contribution in [0.4, 0.5) is 14.9 Å². The van der Waals surface area contributed by atoms with Gasteiger partial charge in [-0.1, -0.05) is 11.6 Å². The van der Waals surface area contributed by atoms with Crippen LogP contribution in [0.1, 0.15) is 20.8 Å². The average molecular weight is 429 g/mol. The van der Waals surface area contributed by atoms with E-state index in [0.717, 1.165) is 0 Å². The first-order valence-corrected chi connectivity index (χ1v) is 8.67. The number of halogens is 3. The molecule has 2 heterocycles. The lowest BCUT2D eigenvalue weighted by Crippen LogP contribution is -2.34. The number of ether oxygens (including phenoxy) is 1. The molecule has 1 amide bonds. The second kappa shape index (κ2) is 6.14. The molecule has 1 aromatic carbocycles. The van der Waals surface area contributed by atoms with Crippen molar-refractivity contribution >= 4 is 61.2 Å². The smallest absolute Gasteiger partial charge is 0.414 e. The first-order chi connectivity index (χ1) is 11.6. The van der Waals surface area contributed by atoms with E-state index >= 15 is 0 Å². The first-order valence-electron chi connectivity index (χ1n) is 7.50. The summed E-state index contributed by atoms with van der Waals surface area (Å²) in [4.78, 5) is 21.0. The predicted molar refractivity (Wildman–Crippen MR) is 101 cm³/mol. The summed E-state index contributed by atoms with van der Waals surface area (Å²) in [5.41, 5.74) is 0.743. The second-order valence-corrected chi connectivity index (χ2v) is 7.89. The van der Waals surface area contributed by atoms with Gasteiger partial charge in [0, 0.05) is 24.0 Å². The Balaban J connectivity index is 2.22. The molecule has 2 aromatic heterocycles. The largest absolute Gasteiger partial charge is 0.443 e. The van der Waals surface area contributed by atoms with Gasteiger partial charge in [0.2, 0.25) is 0 Å². The molecular weight excluding hydrogens is 413 g/mol. The second-order valence-electron chi connectivity index (χ2n) is 6.66. The molecular formula is C17H16BrClFN3O2. The number of rotatable bonds is 1. The lowest BCUT2D eigenvalue weighted by molar-refractivity contribution is 0.0589. The molecule has 3 rings (SSSR count). The normalized spacial score (nSPS) is 12.0. The topological polar surface area (TPSA) is 58.2 Å². The summed E-state index contributed by atoms with van der Waals surface area (Å²) in [5, 5.41) is 1.55. The number of nitrogens with one attached hydrogen (secondary N) is 1. The SMILES string of the molecule is CN(C(=O)OC(C)(C)C)c1cc(F)cc2c1[nH]c1ncc(Br)c(Cl)c12. The van der Waals surface area contributed by atoms with E-state index in [1.807, 2.05) is 0 Å². The molecule has 0 aliphatic carbocycles. The van der Waals surface area contributed by atoms with Crippen LogP contribution in [0, 0.1) is 5.82 Å². The van der Waals surface area contributed by atoms with E-state index in [9.17, 15) is 9.18 Å². The van der Waals surface area contributed by atoms with Crippen molar-refractivity contribution in [3.8, 4) is 0 Å². The van der Waals surface area contributed by atoms with Crippen molar-refractivity contribution in [3.05, 3.63) is 33.6 Å². The molecule has 3 aromatic rings. The van der Waals surface area contributed by atoms with Gasteiger partial charge in [0.15, 0.2) is 0 Å². The third kappa shape index (κ3) is 3.30. The van der Waals surface area contributed by atoms with Gasteiger partial charge in [-0.25, -0.2) is 14.2 Å². The molecule has 0 atom stereocenters. The van der Waals surface area contributed by atoms with Crippen LogP contribution in [0.5, 0.6) is 0 Å². The zero-order valence-corrected chi connectivity index (χ0v) is 16.4. The zero-order valence-electron chi connectivity index (χ0n) is 14.1. The van der Waals surface area contributed by atoms with Gasteiger partial charge in [-0.3, -0.25) is 4.90 Å². The number of nitrogens with zero attached hydrogens (tertiary/aromatic N) is 2. The van der Waals surface area contributed by atoms with Gasteiger partial charge in [-0.15, -0.1) is 0 Å². The third-order valence-electron chi connectivity index (χ3n) is 3.60. The van der Waals surface area contributed by atoms with E-state index in [0.29, 0.717) is 37.1 Å². The van der Waals surface area contributed by atoms with Crippen LogP contribution >= 0.6 is 27.5 Å². The van der Waals surface area contributed by atoms with E-state index in [1.54, 1.807) is 27.0 Å².